The number of benzene rings is 3. The van der Waals surface area contributed by atoms with Crippen LogP contribution in [-0.2, 0) is 19.6 Å². The number of nitrogens with zero attached hydrogens (tertiary/aromatic N) is 1. The van der Waals surface area contributed by atoms with Crippen LogP contribution < -0.4 is 14.8 Å². The lowest BCUT2D eigenvalue weighted by atomic mass is 10.1. The Morgan fingerprint density at radius 3 is 2.41 bits per heavy atom. The highest BCUT2D eigenvalue weighted by molar-refractivity contribution is 5.98. The average Bonchev–Trinajstić information content (AvgIpc) is 3.13. The van der Waals surface area contributed by atoms with Crippen LogP contribution in [0.2, 0.25) is 0 Å². The number of carbonyl (C=O) groups is 1. The van der Waals surface area contributed by atoms with Crippen LogP contribution in [0, 0.1) is 0 Å². The van der Waals surface area contributed by atoms with Crippen molar-refractivity contribution in [2.75, 3.05) is 14.2 Å². The van der Waals surface area contributed by atoms with Gasteiger partial charge in [0.1, 0.15) is 17.2 Å². The molecule has 0 fully saturated rings. The molecule has 2 N–H and O–H groups in total. The van der Waals surface area contributed by atoms with Crippen LogP contribution in [-0.4, -0.2) is 29.9 Å². The quantitative estimate of drug-likeness (QED) is 0.403. The second-order valence-electron chi connectivity index (χ2n) is 7.50. The largest absolute Gasteiger partial charge is 0.497 e. The fourth-order valence-electron chi connectivity index (χ4n) is 4.07. The zero-order chi connectivity index (χ0) is 22.5. The maximum atomic E-state index is 12.3. The van der Waals surface area contributed by atoms with Gasteiger partial charge in [0.05, 0.1) is 14.2 Å². The monoisotopic (exact) mass is 430 g/mol. The molecule has 0 unspecified atom stereocenters. The molecule has 32 heavy (non-hydrogen) atoms. The molecule has 0 saturated carbocycles. The van der Waals surface area contributed by atoms with Crippen LogP contribution in [0.3, 0.4) is 0 Å². The second-order valence-corrected chi connectivity index (χ2v) is 7.50. The maximum Gasteiger partial charge on any atom is 0.352 e. The SMILES string of the molecule is COc1ccc(OC)c(CNCc2c(C(=O)O)n(Cc3ccccc3)c3ccccc23)c1. The number of ether oxygens (including phenoxy) is 2. The van der Waals surface area contributed by atoms with Crippen LogP contribution in [0.1, 0.15) is 27.2 Å². The Hall–Kier alpha value is -3.77. The van der Waals surface area contributed by atoms with Crippen LogP contribution >= 0.6 is 0 Å². The van der Waals surface area contributed by atoms with E-state index in [4.69, 9.17) is 9.47 Å². The molecule has 6 heteroatoms. The Morgan fingerprint density at radius 2 is 1.69 bits per heavy atom. The van der Waals surface area contributed by atoms with Gasteiger partial charge >= 0.3 is 5.97 Å². The molecule has 0 bridgehead atoms. The van der Waals surface area contributed by atoms with Crippen LogP contribution in [0.4, 0.5) is 0 Å². The molecule has 1 aromatic heterocycles. The fourth-order valence-corrected chi connectivity index (χ4v) is 4.07. The van der Waals surface area contributed by atoms with E-state index < -0.39 is 5.97 Å². The minimum Gasteiger partial charge on any atom is -0.497 e. The Kier molecular flexibility index (Phi) is 6.42. The Bertz CT molecular complexity index is 1230. The zero-order valence-corrected chi connectivity index (χ0v) is 18.2. The minimum atomic E-state index is -0.937. The molecular weight excluding hydrogens is 404 g/mol. The van der Waals surface area contributed by atoms with Gasteiger partial charge < -0.3 is 24.5 Å². The molecule has 164 valence electrons. The summed E-state index contributed by atoms with van der Waals surface area (Å²) in [5.74, 6) is 0.560. The van der Waals surface area contributed by atoms with Gasteiger partial charge in [-0.2, -0.15) is 0 Å². The number of methoxy groups -OCH3 is 2. The third-order valence-corrected chi connectivity index (χ3v) is 5.57. The second kappa shape index (κ2) is 9.58. The van der Waals surface area contributed by atoms with Gasteiger partial charge in [-0.25, -0.2) is 4.79 Å². The van der Waals surface area contributed by atoms with Gasteiger partial charge in [0.25, 0.3) is 0 Å². The molecule has 0 aliphatic heterocycles. The first-order valence-electron chi connectivity index (χ1n) is 10.4. The van der Waals surface area contributed by atoms with Gasteiger partial charge in [-0.1, -0.05) is 48.5 Å². The van der Waals surface area contributed by atoms with E-state index in [0.29, 0.717) is 25.3 Å². The highest BCUT2D eigenvalue weighted by Gasteiger charge is 2.22. The first kappa shape index (κ1) is 21.5. The molecule has 0 saturated heterocycles. The Morgan fingerprint density at radius 1 is 0.938 bits per heavy atom. The third kappa shape index (κ3) is 4.31. The van der Waals surface area contributed by atoms with Crippen molar-refractivity contribution in [3.63, 3.8) is 0 Å². The van der Waals surface area contributed by atoms with Crippen molar-refractivity contribution in [2.45, 2.75) is 19.6 Å². The number of rotatable bonds is 9. The molecule has 4 rings (SSSR count). The molecule has 0 amide bonds. The van der Waals surface area contributed by atoms with Crippen LogP contribution in [0.15, 0.2) is 72.8 Å². The standard InChI is InChI=1S/C26H26N2O4/c1-31-20-12-13-24(32-2)19(14-20)15-27-16-22-21-10-6-7-11-23(21)28(25(22)26(29)30)17-18-8-4-3-5-9-18/h3-14,27H,15-17H2,1-2H3,(H,29,30). The number of fused-ring (bicyclic) bond motifs is 1. The van der Waals surface area contributed by atoms with Crippen LogP contribution in [0.5, 0.6) is 11.5 Å². The molecule has 0 aliphatic carbocycles. The van der Waals surface area contributed by atoms with Gasteiger partial charge in [0.2, 0.25) is 0 Å². The lowest BCUT2D eigenvalue weighted by Gasteiger charge is -2.12. The maximum absolute atomic E-state index is 12.3. The summed E-state index contributed by atoms with van der Waals surface area (Å²) in [5.41, 5.74) is 3.98. The molecule has 1 heterocycles. The van der Waals surface area contributed by atoms with Crippen molar-refractivity contribution in [2.24, 2.45) is 0 Å². The molecule has 0 radical (unpaired) electrons. The van der Waals surface area contributed by atoms with Crippen LogP contribution in [0.25, 0.3) is 10.9 Å². The third-order valence-electron chi connectivity index (χ3n) is 5.57. The van der Waals surface area contributed by atoms with Crippen molar-refractivity contribution in [3.8, 4) is 11.5 Å². The summed E-state index contributed by atoms with van der Waals surface area (Å²) in [7, 11) is 3.25. The number of nitrogens with one attached hydrogen (secondary N) is 1. The molecular formula is C26H26N2O4. The van der Waals surface area contributed by atoms with E-state index in [2.05, 4.69) is 5.32 Å². The topological polar surface area (TPSA) is 72.7 Å². The van der Waals surface area contributed by atoms with E-state index in [1.165, 1.54) is 0 Å². The number of carboxylic acid groups (broad SMARTS) is 1. The highest BCUT2D eigenvalue weighted by atomic mass is 16.5. The number of carboxylic acids is 1. The summed E-state index contributed by atoms with van der Waals surface area (Å²) in [5, 5.41) is 14.4. The number of aromatic nitrogens is 1. The Balaban J connectivity index is 1.67. The normalized spacial score (nSPS) is 10.9. The van der Waals surface area contributed by atoms with E-state index in [9.17, 15) is 9.90 Å². The molecule has 0 aliphatic rings. The van der Waals surface area contributed by atoms with E-state index in [1.54, 1.807) is 14.2 Å². The molecule has 4 aromatic rings. The van der Waals surface area contributed by atoms with Crippen molar-refractivity contribution in [3.05, 3.63) is 95.2 Å². The van der Waals surface area contributed by atoms with Gasteiger partial charge in [0.15, 0.2) is 0 Å². The summed E-state index contributed by atoms with van der Waals surface area (Å²) < 4.78 is 12.7. The molecule has 6 nitrogen and oxygen atoms in total. The molecule has 0 atom stereocenters. The van der Waals surface area contributed by atoms with E-state index in [-0.39, 0.29) is 0 Å². The number of para-hydroxylation sites is 1. The van der Waals surface area contributed by atoms with Crippen molar-refractivity contribution < 1.29 is 19.4 Å². The smallest absolute Gasteiger partial charge is 0.352 e. The predicted molar refractivity (Wildman–Crippen MR) is 125 cm³/mol. The fraction of sp³-hybridized carbons (Fsp3) is 0.192. The summed E-state index contributed by atoms with van der Waals surface area (Å²) in [6.07, 6.45) is 0. The van der Waals surface area contributed by atoms with E-state index >= 15 is 0 Å². The summed E-state index contributed by atoms with van der Waals surface area (Å²) >= 11 is 0. The van der Waals surface area contributed by atoms with Crippen molar-refractivity contribution >= 4 is 16.9 Å². The lowest BCUT2D eigenvalue weighted by molar-refractivity contribution is 0.0684. The van der Waals surface area contributed by atoms with E-state index in [0.717, 1.165) is 39.1 Å². The van der Waals surface area contributed by atoms with Crippen molar-refractivity contribution in [1.82, 2.24) is 9.88 Å². The zero-order valence-electron chi connectivity index (χ0n) is 18.2. The van der Waals surface area contributed by atoms with Crippen molar-refractivity contribution in [1.29, 1.82) is 0 Å². The minimum absolute atomic E-state index is 0.306. The molecule has 0 spiro atoms. The predicted octanol–water partition coefficient (Wildman–Crippen LogP) is 4.69. The lowest BCUT2D eigenvalue weighted by Crippen LogP contribution is -2.17. The number of aromatic carboxylic acids is 1. The first-order valence-corrected chi connectivity index (χ1v) is 10.4. The summed E-state index contributed by atoms with van der Waals surface area (Å²) in [6, 6.07) is 23.4. The van der Waals surface area contributed by atoms with Gasteiger partial charge in [-0.15, -0.1) is 0 Å². The highest BCUT2D eigenvalue weighted by Crippen LogP contribution is 2.28. The molecule has 3 aromatic carbocycles. The number of hydrogen-bond acceptors (Lipinski definition) is 4. The van der Waals surface area contributed by atoms with Gasteiger partial charge in [0, 0.05) is 41.7 Å². The van der Waals surface area contributed by atoms with Gasteiger partial charge in [-0.05, 0) is 29.8 Å². The summed E-state index contributed by atoms with van der Waals surface area (Å²) in [6.45, 7) is 1.41. The average molecular weight is 431 g/mol. The van der Waals surface area contributed by atoms with E-state index in [1.807, 2.05) is 77.4 Å². The first-order chi connectivity index (χ1) is 15.6. The number of hydrogen-bond donors (Lipinski definition) is 2. The van der Waals surface area contributed by atoms with Gasteiger partial charge in [-0.3, -0.25) is 0 Å². The summed E-state index contributed by atoms with van der Waals surface area (Å²) in [4.78, 5) is 12.3. The Labute approximate surface area is 187 Å².